The average molecular weight is 474 g/mol. The minimum atomic E-state index is -0.670. The molecule has 10 heteroatoms. The number of anilines is 1. The molecule has 2 aromatic carbocycles. The molecule has 8 nitrogen and oxygen atoms in total. The van der Waals surface area contributed by atoms with Gasteiger partial charge in [0.2, 0.25) is 11.0 Å². The first-order chi connectivity index (χ1) is 14.0. The van der Waals surface area contributed by atoms with Crippen molar-refractivity contribution >= 4 is 39.1 Å². The topological polar surface area (TPSA) is 103 Å². The maximum Gasteiger partial charge on any atom is 0.269 e. The van der Waals surface area contributed by atoms with Gasteiger partial charge in [0, 0.05) is 39.2 Å². The lowest BCUT2D eigenvalue weighted by Gasteiger charge is -2.19. The molecule has 0 radical (unpaired) electrons. The van der Waals surface area contributed by atoms with Crippen LogP contribution in [0, 0.1) is 10.1 Å². The summed E-state index contributed by atoms with van der Waals surface area (Å²) in [4.78, 5) is 15.3. The first-order valence-corrected chi connectivity index (χ1v) is 10.7. The fraction of sp³-hybridized carbons (Fsp3) is 0.211. The van der Waals surface area contributed by atoms with Gasteiger partial charge in [-0.3, -0.25) is 10.1 Å². The van der Waals surface area contributed by atoms with Crippen molar-refractivity contribution in [3.8, 4) is 17.1 Å². The largest absolute Gasteiger partial charge is 0.448 e. The molecule has 29 heavy (non-hydrogen) atoms. The third-order valence-electron chi connectivity index (χ3n) is 4.21. The third kappa shape index (κ3) is 4.18. The van der Waals surface area contributed by atoms with E-state index < -0.39 is 11.2 Å². The minimum absolute atomic E-state index is 0.00611. The molecule has 148 valence electrons. The summed E-state index contributed by atoms with van der Waals surface area (Å²) >= 11 is 4.99. The van der Waals surface area contributed by atoms with E-state index in [2.05, 4.69) is 43.4 Å². The molecule has 0 spiro atoms. The number of nitro groups is 1. The Balaban J connectivity index is 1.81. The number of aromatic nitrogens is 3. The maximum absolute atomic E-state index is 11.2. The van der Waals surface area contributed by atoms with Gasteiger partial charge in [0.25, 0.3) is 5.69 Å². The van der Waals surface area contributed by atoms with Crippen molar-refractivity contribution in [2.24, 2.45) is 0 Å². The van der Waals surface area contributed by atoms with Crippen molar-refractivity contribution in [2.45, 2.75) is 24.7 Å². The van der Waals surface area contributed by atoms with Crippen LogP contribution in [0.25, 0.3) is 11.3 Å². The van der Waals surface area contributed by atoms with E-state index in [0.29, 0.717) is 22.3 Å². The first kappa shape index (κ1) is 19.6. The Morgan fingerprint density at radius 2 is 2.14 bits per heavy atom. The zero-order valence-electron chi connectivity index (χ0n) is 15.3. The van der Waals surface area contributed by atoms with Gasteiger partial charge >= 0.3 is 0 Å². The summed E-state index contributed by atoms with van der Waals surface area (Å²) in [6.45, 7) is 2.08. The SMILES string of the molecule is CCCSc1nnc2c(n1)O[C@H](c1cccc([N+](=O)[O-])c1)Nc1ccc(Br)cc1-2. The van der Waals surface area contributed by atoms with Gasteiger partial charge < -0.3 is 10.1 Å². The van der Waals surface area contributed by atoms with Gasteiger partial charge in [-0.2, -0.15) is 4.98 Å². The van der Waals surface area contributed by atoms with Gasteiger partial charge in [-0.25, -0.2) is 0 Å². The lowest BCUT2D eigenvalue weighted by atomic mass is 10.1. The molecule has 1 aliphatic rings. The van der Waals surface area contributed by atoms with Crippen LogP contribution in [-0.2, 0) is 0 Å². The number of nitrogens with zero attached hydrogens (tertiary/aromatic N) is 4. The number of benzene rings is 2. The van der Waals surface area contributed by atoms with E-state index in [9.17, 15) is 10.1 Å². The van der Waals surface area contributed by atoms with Crippen LogP contribution in [0.3, 0.4) is 0 Å². The normalized spacial score (nSPS) is 14.8. The number of nitro benzene ring substituents is 1. The molecule has 0 saturated carbocycles. The Hall–Kier alpha value is -2.72. The highest BCUT2D eigenvalue weighted by Gasteiger charge is 2.27. The Bertz CT molecular complexity index is 1080. The highest BCUT2D eigenvalue weighted by Crippen LogP contribution is 2.41. The molecule has 0 fully saturated rings. The van der Waals surface area contributed by atoms with E-state index in [-0.39, 0.29) is 5.69 Å². The van der Waals surface area contributed by atoms with Gasteiger partial charge in [-0.1, -0.05) is 46.7 Å². The highest BCUT2D eigenvalue weighted by molar-refractivity contribution is 9.10. The van der Waals surface area contributed by atoms with Crippen molar-refractivity contribution < 1.29 is 9.66 Å². The summed E-state index contributed by atoms with van der Waals surface area (Å²) in [6.07, 6.45) is 0.316. The van der Waals surface area contributed by atoms with Crippen molar-refractivity contribution in [3.05, 3.63) is 62.6 Å². The monoisotopic (exact) mass is 473 g/mol. The minimum Gasteiger partial charge on any atom is -0.448 e. The van der Waals surface area contributed by atoms with Crippen LogP contribution >= 0.6 is 27.7 Å². The van der Waals surface area contributed by atoms with Crippen LogP contribution in [0.2, 0.25) is 0 Å². The van der Waals surface area contributed by atoms with Crippen LogP contribution in [0.4, 0.5) is 11.4 Å². The zero-order chi connectivity index (χ0) is 20.4. The average Bonchev–Trinajstić information content (AvgIpc) is 2.88. The Kier molecular flexibility index (Phi) is 5.63. The quantitative estimate of drug-likeness (QED) is 0.305. The van der Waals surface area contributed by atoms with E-state index in [1.807, 2.05) is 18.2 Å². The van der Waals surface area contributed by atoms with E-state index in [0.717, 1.165) is 27.9 Å². The van der Waals surface area contributed by atoms with E-state index in [4.69, 9.17) is 4.74 Å². The van der Waals surface area contributed by atoms with Crippen LogP contribution in [0.5, 0.6) is 5.88 Å². The number of fused-ring (bicyclic) bond motifs is 3. The van der Waals surface area contributed by atoms with E-state index in [1.54, 1.807) is 12.1 Å². The first-order valence-electron chi connectivity index (χ1n) is 8.90. The van der Waals surface area contributed by atoms with Crippen molar-refractivity contribution in [3.63, 3.8) is 0 Å². The standard InChI is InChI=1S/C19H16BrN5O3S/c1-2-8-29-19-22-18-16(23-24-19)14-10-12(20)6-7-15(14)21-17(28-18)11-4-3-5-13(9-11)25(26)27/h3-7,9-10,17,21H,2,8H2,1H3/t17-/m1/s1. The molecule has 0 amide bonds. The molecule has 1 aromatic heterocycles. The smallest absolute Gasteiger partial charge is 0.269 e. The van der Waals surface area contributed by atoms with E-state index >= 15 is 0 Å². The second-order valence-corrected chi connectivity index (χ2v) is 8.26. The lowest BCUT2D eigenvalue weighted by Crippen LogP contribution is -2.17. The summed E-state index contributed by atoms with van der Waals surface area (Å²) < 4.78 is 7.02. The van der Waals surface area contributed by atoms with Gasteiger partial charge in [0.15, 0.2) is 11.9 Å². The Morgan fingerprint density at radius 3 is 2.93 bits per heavy atom. The molecule has 1 atom stereocenters. The molecule has 3 aromatic rings. The maximum atomic E-state index is 11.2. The van der Waals surface area contributed by atoms with Crippen LogP contribution < -0.4 is 10.1 Å². The fourth-order valence-corrected chi connectivity index (χ4v) is 3.87. The molecular weight excluding hydrogens is 458 g/mol. The van der Waals surface area contributed by atoms with Crippen LogP contribution in [0.1, 0.15) is 25.1 Å². The number of rotatable bonds is 5. The molecule has 0 saturated heterocycles. The summed E-state index contributed by atoms with van der Waals surface area (Å²) in [5.41, 5.74) is 2.68. The second-order valence-electron chi connectivity index (χ2n) is 6.28. The number of halogens is 1. The number of ether oxygens (including phenoxy) is 1. The van der Waals surface area contributed by atoms with Gasteiger partial charge in [0.05, 0.1) is 4.92 Å². The van der Waals surface area contributed by atoms with Crippen molar-refractivity contribution in [2.75, 3.05) is 11.1 Å². The van der Waals surface area contributed by atoms with Gasteiger partial charge in [0.1, 0.15) is 0 Å². The van der Waals surface area contributed by atoms with Crippen LogP contribution in [-0.4, -0.2) is 25.9 Å². The fourth-order valence-electron chi connectivity index (χ4n) is 2.88. The molecule has 1 aliphatic heterocycles. The highest BCUT2D eigenvalue weighted by atomic mass is 79.9. The molecule has 0 aliphatic carbocycles. The Morgan fingerprint density at radius 1 is 1.28 bits per heavy atom. The molecule has 0 unspecified atom stereocenters. The van der Waals surface area contributed by atoms with E-state index in [1.165, 1.54) is 23.9 Å². The second kappa shape index (κ2) is 8.34. The van der Waals surface area contributed by atoms with Gasteiger partial charge in [-0.15, -0.1) is 10.2 Å². The number of nitrogens with one attached hydrogen (secondary N) is 1. The molecule has 2 heterocycles. The molecule has 1 N–H and O–H groups in total. The van der Waals surface area contributed by atoms with Crippen molar-refractivity contribution in [1.29, 1.82) is 0 Å². The third-order valence-corrected chi connectivity index (χ3v) is 5.74. The summed E-state index contributed by atoms with van der Waals surface area (Å²) in [5, 5.41) is 23.6. The summed E-state index contributed by atoms with van der Waals surface area (Å²) in [5.74, 6) is 1.20. The number of hydrogen-bond acceptors (Lipinski definition) is 8. The number of thioether (sulfide) groups is 1. The number of hydrogen-bond donors (Lipinski definition) is 1. The van der Waals surface area contributed by atoms with Gasteiger partial charge in [-0.05, 0) is 24.6 Å². The van der Waals surface area contributed by atoms with Crippen LogP contribution in [0.15, 0.2) is 52.1 Å². The zero-order valence-corrected chi connectivity index (χ0v) is 17.7. The molecule has 0 bridgehead atoms. The predicted molar refractivity (Wildman–Crippen MR) is 114 cm³/mol. The number of non-ortho nitro benzene ring substituents is 1. The predicted octanol–water partition coefficient (Wildman–Crippen LogP) is 5.21. The summed E-state index contributed by atoms with van der Waals surface area (Å²) in [7, 11) is 0. The summed E-state index contributed by atoms with van der Waals surface area (Å²) in [6, 6.07) is 12.0. The molecule has 4 rings (SSSR count). The lowest BCUT2D eigenvalue weighted by molar-refractivity contribution is -0.385. The Labute approximate surface area is 179 Å². The molecular formula is C19H16BrN5O3S. The van der Waals surface area contributed by atoms with Crippen molar-refractivity contribution in [1.82, 2.24) is 15.2 Å².